The van der Waals surface area contributed by atoms with Gasteiger partial charge in [0, 0.05) is 51.4 Å². The number of carbonyl (C=O) groups is 4. The third-order valence-corrected chi connectivity index (χ3v) is 12.1. The summed E-state index contributed by atoms with van der Waals surface area (Å²) in [5.74, 6) is -0.689. The Morgan fingerprint density at radius 3 is 0.862 bits per heavy atom. The predicted octanol–water partition coefficient (Wildman–Crippen LogP) is 12.4. The van der Waals surface area contributed by atoms with E-state index in [9.17, 15) is 19.2 Å². The first-order valence-electron chi connectivity index (χ1n) is 23.7. The molecule has 0 atom stereocenters. The van der Waals surface area contributed by atoms with E-state index < -0.39 is 22.2 Å². The summed E-state index contributed by atoms with van der Waals surface area (Å²) in [6.45, 7) is 20.9. The Morgan fingerprint density at radius 2 is 0.603 bits per heavy atom. The highest BCUT2D eigenvalue weighted by Crippen LogP contribution is 2.41. The average Bonchev–Trinajstić information content (AvgIpc) is 3.11. The van der Waals surface area contributed by atoms with Crippen molar-refractivity contribution < 1.29 is 38.3 Å². The molecule has 0 radical (unpaired) electrons. The number of hydrogen-bond donors (Lipinski definition) is 0. The van der Waals surface area contributed by atoms with Gasteiger partial charge < -0.3 is 19.1 Å². The molecule has 10 nitrogen and oxygen atoms in total. The first kappa shape index (κ1) is 51.9. The summed E-state index contributed by atoms with van der Waals surface area (Å²) in [7, 11) is 0. The summed E-state index contributed by atoms with van der Waals surface area (Å²) in [6.07, 6.45) is 25.3. The van der Waals surface area contributed by atoms with Crippen LogP contribution in [-0.4, -0.2) is 68.4 Å². The first-order chi connectivity index (χ1) is 27.3. The van der Waals surface area contributed by atoms with E-state index >= 15 is 0 Å². The van der Waals surface area contributed by atoms with Crippen LogP contribution in [0.4, 0.5) is 0 Å². The lowest BCUT2D eigenvalue weighted by Crippen LogP contribution is -2.62. The Balaban J connectivity index is 1.60. The molecule has 0 aromatic heterocycles. The van der Waals surface area contributed by atoms with Gasteiger partial charge in [-0.15, -0.1) is 10.1 Å². The van der Waals surface area contributed by atoms with Gasteiger partial charge in [-0.25, -0.2) is 0 Å². The van der Waals surface area contributed by atoms with Crippen LogP contribution in [0.3, 0.4) is 0 Å². The molecule has 0 saturated carbocycles. The number of hydrogen-bond acceptors (Lipinski definition) is 10. The molecule has 0 aromatic rings. The summed E-state index contributed by atoms with van der Waals surface area (Å²) in [6, 6.07) is 0. The van der Waals surface area contributed by atoms with E-state index in [-0.39, 0.29) is 36.1 Å². The van der Waals surface area contributed by atoms with Crippen LogP contribution in [0.5, 0.6) is 0 Å². The highest BCUT2D eigenvalue weighted by molar-refractivity contribution is 5.70. The third kappa shape index (κ3) is 19.9. The maximum atomic E-state index is 12.8. The van der Waals surface area contributed by atoms with Gasteiger partial charge in [-0.1, -0.05) is 117 Å². The maximum Gasteiger partial charge on any atom is 0.325 e. The standard InChI is InChI=1S/C48H88N2O8/c1-11-13-15-17-19-25-29-33-43(53)57-49-45(3,4)35-39(36-46(49,5)6)55-41(51)31-27-23-21-22-24-28-32-42(52)56-40-37-47(7,8)50(48(9,10)38-40)58-44(54)34-30-26-20-18-16-14-12-2/h39-40H,11-38H2,1-10H3. The Morgan fingerprint density at radius 1 is 0.379 bits per heavy atom. The molecule has 2 heterocycles. The quantitative estimate of drug-likeness (QED) is 0.0534. The van der Waals surface area contributed by atoms with Crippen molar-refractivity contribution in [3.8, 4) is 0 Å². The zero-order chi connectivity index (χ0) is 43.2. The molecule has 338 valence electrons. The zero-order valence-corrected chi connectivity index (χ0v) is 39.1. The van der Waals surface area contributed by atoms with E-state index in [1.807, 2.05) is 10.1 Å². The summed E-state index contributed by atoms with van der Waals surface area (Å²) >= 11 is 0. The van der Waals surface area contributed by atoms with Gasteiger partial charge in [0.05, 0.1) is 22.2 Å². The van der Waals surface area contributed by atoms with Crippen molar-refractivity contribution in [2.45, 2.75) is 283 Å². The minimum absolute atomic E-state index is 0.164. The van der Waals surface area contributed by atoms with Crippen LogP contribution in [-0.2, 0) is 38.3 Å². The van der Waals surface area contributed by atoms with Crippen molar-refractivity contribution in [2.24, 2.45) is 0 Å². The molecule has 2 fully saturated rings. The highest BCUT2D eigenvalue weighted by atomic mass is 16.7. The molecule has 0 bridgehead atoms. The Bertz CT molecular complexity index is 1090. The number of unbranched alkanes of at least 4 members (excludes halogenated alkanes) is 17. The second-order valence-electron chi connectivity index (χ2n) is 20.2. The summed E-state index contributed by atoms with van der Waals surface area (Å²) < 4.78 is 11.9. The second-order valence-corrected chi connectivity index (χ2v) is 20.2. The molecule has 2 saturated heterocycles. The Hall–Kier alpha value is -2.20. The lowest BCUT2D eigenvalue weighted by Gasteiger charge is -2.52. The molecule has 2 aliphatic heterocycles. The molecular formula is C48H88N2O8. The topological polar surface area (TPSA) is 112 Å². The van der Waals surface area contributed by atoms with Crippen molar-refractivity contribution >= 4 is 23.9 Å². The first-order valence-corrected chi connectivity index (χ1v) is 23.7. The van der Waals surface area contributed by atoms with E-state index in [0.29, 0.717) is 51.4 Å². The fourth-order valence-electron chi connectivity index (χ4n) is 9.49. The van der Waals surface area contributed by atoms with E-state index in [2.05, 4.69) is 69.2 Å². The van der Waals surface area contributed by atoms with Gasteiger partial charge in [0.1, 0.15) is 12.2 Å². The van der Waals surface area contributed by atoms with Crippen molar-refractivity contribution in [2.75, 3.05) is 0 Å². The predicted molar refractivity (Wildman–Crippen MR) is 233 cm³/mol. The summed E-state index contributed by atoms with van der Waals surface area (Å²) in [5, 5.41) is 3.69. The molecule has 0 amide bonds. The minimum Gasteiger partial charge on any atom is -0.462 e. The molecule has 0 aliphatic carbocycles. The lowest BCUT2D eigenvalue weighted by atomic mass is 9.80. The van der Waals surface area contributed by atoms with Gasteiger partial charge in [-0.2, -0.15) is 0 Å². The van der Waals surface area contributed by atoms with Crippen LogP contribution in [0.2, 0.25) is 0 Å². The Labute approximate surface area is 354 Å². The van der Waals surface area contributed by atoms with Crippen LogP contribution in [0.15, 0.2) is 0 Å². The molecule has 0 spiro atoms. The fraction of sp³-hybridized carbons (Fsp3) is 0.917. The largest absolute Gasteiger partial charge is 0.462 e. The third-order valence-electron chi connectivity index (χ3n) is 12.1. The van der Waals surface area contributed by atoms with Gasteiger partial charge in [0.15, 0.2) is 0 Å². The summed E-state index contributed by atoms with van der Waals surface area (Å²) in [4.78, 5) is 63.1. The molecule has 0 N–H and O–H groups in total. The van der Waals surface area contributed by atoms with Crippen molar-refractivity contribution in [3.05, 3.63) is 0 Å². The smallest absolute Gasteiger partial charge is 0.325 e. The van der Waals surface area contributed by atoms with E-state index in [1.54, 1.807) is 0 Å². The van der Waals surface area contributed by atoms with Gasteiger partial charge in [0.25, 0.3) is 0 Å². The molecule has 0 unspecified atom stereocenters. The van der Waals surface area contributed by atoms with E-state index in [0.717, 1.165) is 64.2 Å². The normalized spacial score (nSPS) is 19.4. The fourth-order valence-corrected chi connectivity index (χ4v) is 9.49. The number of rotatable bonds is 29. The van der Waals surface area contributed by atoms with Crippen LogP contribution >= 0.6 is 0 Å². The average molecular weight is 821 g/mol. The van der Waals surface area contributed by atoms with Gasteiger partial charge in [-0.3, -0.25) is 19.2 Å². The molecule has 2 rings (SSSR count). The lowest BCUT2D eigenvalue weighted by molar-refractivity contribution is -0.277. The molecule has 0 aromatic carbocycles. The van der Waals surface area contributed by atoms with Crippen LogP contribution in [0, 0.1) is 0 Å². The van der Waals surface area contributed by atoms with Gasteiger partial charge in [-0.05, 0) is 81.1 Å². The maximum absolute atomic E-state index is 12.8. The number of ether oxygens (including phenoxy) is 2. The van der Waals surface area contributed by atoms with Gasteiger partial charge in [0.2, 0.25) is 0 Å². The summed E-state index contributed by atoms with van der Waals surface area (Å²) in [5.41, 5.74) is -1.82. The van der Waals surface area contributed by atoms with Crippen molar-refractivity contribution in [1.82, 2.24) is 10.1 Å². The van der Waals surface area contributed by atoms with Crippen molar-refractivity contribution in [3.63, 3.8) is 0 Å². The van der Waals surface area contributed by atoms with Crippen LogP contribution in [0.1, 0.15) is 249 Å². The number of hydroxylamine groups is 4. The van der Waals surface area contributed by atoms with E-state index in [1.165, 1.54) is 64.2 Å². The van der Waals surface area contributed by atoms with Gasteiger partial charge >= 0.3 is 23.9 Å². The van der Waals surface area contributed by atoms with Crippen LogP contribution in [0.25, 0.3) is 0 Å². The number of nitrogens with zero attached hydrogens (tertiary/aromatic N) is 2. The SMILES string of the molecule is CCCCCCCCCC(=O)ON1C(C)(C)CC(OC(=O)CCCCCCCCC(=O)OC2CC(C)(C)N(OC(=O)CCCCCCCCC)C(C)(C)C2)CC1(C)C. The zero-order valence-electron chi connectivity index (χ0n) is 39.1. The molecular weight excluding hydrogens is 733 g/mol. The van der Waals surface area contributed by atoms with Crippen molar-refractivity contribution in [1.29, 1.82) is 0 Å². The molecule has 2 aliphatic rings. The molecule has 58 heavy (non-hydrogen) atoms. The number of esters is 2. The number of carbonyl (C=O) groups excluding carboxylic acids is 4. The van der Waals surface area contributed by atoms with Crippen LogP contribution < -0.4 is 0 Å². The second kappa shape index (κ2) is 26.2. The highest BCUT2D eigenvalue weighted by Gasteiger charge is 2.50. The van der Waals surface area contributed by atoms with E-state index in [4.69, 9.17) is 19.1 Å². The number of piperidine rings is 2. The minimum atomic E-state index is -0.456. The monoisotopic (exact) mass is 821 g/mol. The Kier molecular flexibility index (Phi) is 23.5. The molecule has 10 heteroatoms.